The summed E-state index contributed by atoms with van der Waals surface area (Å²) >= 11 is 0. The highest BCUT2D eigenvalue weighted by Crippen LogP contribution is 2.51. The number of benzene rings is 1. The summed E-state index contributed by atoms with van der Waals surface area (Å²) in [5, 5.41) is 31.3. The number of aliphatic hydroxyl groups excluding tert-OH is 1. The number of hydrogen-bond donors (Lipinski definition) is 2. The summed E-state index contributed by atoms with van der Waals surface area (Å²) in [5.41, 5.74) is 3.12. The molecule has 2 aliphatic heterocycles. The number of hydrogen-bond acceptors (Lipinski definition) is 8. The SMILES string of the molecule is CCC/C(=C\c1ccc(CO)o1)CC[C@H]1OB(O)C[C@H]2C1=C(C)C[C@H]1C(=O)N(c3cccc([N+](=O)[O-])c3)C(=O)[C@H]12. The van der Waals surface area contributed by atoms with Gasteiger partial charge in [-0.1, -0.05) is 30.6 Å². The van der Waals surface area contributed by atoms with Gasteiger partial charge in [-0.3, -0.25) is 19.7 Å². The van der Waals surface area contributed by atoms with Gasteiger partial charge in [0, 0.05) is 12.1 Å². The van der Waals surface area contributed by atoms with Crippen LogP contribution in [0.2, 0.25) is 6.32 Å². The van der Waals surface area contributed by atoms with Crippen molar-refractivity contribution in [2.75, 3.05) is 4.90 Å². The normalized spacial score (nSPS) is 24.9. The van der Waals surface area contributed by atoms with Crippen LogP contribution in [0.25, 0.3) is 6.08 Å². The Morgan fingerprint density at radius 3 is 2.70 bits per heavy atom. The number of nitro benzene ring substituents is 1. The van der Waals surface area contributed by atoms with E-state index in [4.69, 9.17) is 9.07 Å². The molecule has 5 rings (SSSR count). The van der Waals surface area contributed by atoms with Crippen LogP contribution in [0.3, 0.4) is 0 Å². The Balaban J connectivity index is 1.39. The van der Waals surface area contributed by atoms with Crippen LogP contribution in [-0.4, -0.2) is 40.1 Å². The van der Waals surface area contributed by atoms with Crippen molar-refractivity contribution in [1.82, 2.24) is 0 Å². The van der Waals surface area contributed by atoms with Crippen LogP contribution in [0.5, 0.6) is 0 Å². The molecule has 0 bridgehead atoms. The van der Waals surface area contributed by atoms with Gasteiger partial charge in [0.1, 0.15) is 18.1 Å². The van der Waals surface area contributed by atoms with E-state index in [1.807, 2.05) is 19.1 Å². The fourth-order valence-electron chi connectivity index (χ4n) is 6.59. The van der Waals surface area contributed by atoms with Gasteiger partial charge >= 0.3 is 7.12 Å². The fourth-order valence-corrected chi connectivity index (χ4v) is 6.59. The van der Waals surface area contributed by atoms with Crippen LogP contribution < -0.4 is 4.90 Å². The smallest absolute Gasteiger partial charge is 0.455 e. The third-order valence-corrected chi connectivity index (χ3v) is 8.23. The van der Waals surface area contributed by atoms with E-state index in [-0.39, 0.29) is 42.0 Å². The molecule has 40 heavy (non-hydrogen) atoms. The highest BCUT2D eigenvalue weighted by Gasteiger charge is 2.57. The number of nitrogens with zero attached hydrogens (tertiary/aromatic N) is 2. The second kappa shape index (κ2) is 11.5. The predicted molar refractivity (Wildman–Crippen MR) is 148 cm³/mol. The van der Waals surface area contributed by atoms with E-state index in [0.717, 1.165) is 34.5 Å². The molecule has 0 unspecified atom stereocenters. The number of aliphatic hydroxyl groups is 1. The van der Waals surface area contributed by atoms with Gasteiger partial charge in [0.05, 0.1) is 28.6 Å². The van der Waals surface area contributed by atoms with E-state index in [1.54, 1.807) is 6.07 Å². The number of carbonyl (C=O) groups is 2. The number of amides is 2. The minimum Gasteiger partial charge on any atom is -0.459 e. The van der Waals surface area contributed by atoms with E-state index >= 15 is 0 Å². The number of allylic oxidation sites excluding steroid dienone is 2. The molecule has 2 saturated heterocycles. The fraction of sp³-hybridized carbons (Fsp3) is 0.448. The summed E-state index contributed by atoms with van der Waals surface area (Å²) in [6.07, 6.45) is 5.24. The summed E-state index contributed by atoms with van der Waals surface area (Å²) in [4.78, 5) is 39.1. The third kappa shape index (κ3) is 5.28. The van der Waals surface area contributed by atoms with Crippen molar-refractivity contribution in [2.45, 2.75) is 65.0 Å². The van der Waals surface area contributed by atoms with Gasteiger partial charge in [0.2, 0.25) is 11.8 Å². The molecule has 210 valence electrons. The van der Waals surface area contributed by atoms with Crippen molar-refractivity contribution in [2.24, 2.45) is 17.8 Å². The van der Waals surface area contributed by atoms with Crippen LogP contribution in [0.4, 0.5) is 11.4 Å². The topological polar surface area (TPSA) is 143 Å². The third-order valence-electron chi connectivity index (χ3n) is 8.23. The van der Waals surface area contributed by atoms with Crippen molar-refractivity contribution >= 4 is 36.4 Å². The molecule has 2 fully saturated rings. The first kappa shape index (κ1) is 28.0. The molecule has 2 N–H and O–H groups in total. The van der Waals surface area contributed by atoms with Gasteiger partial charge in [-0.15, -0.1) is 0 Å². The molecule has 0 saturated carbocycles. The Labute approximate surface area is 232 Å². The maximum Gasteiger partial charge on any atom is 0.455 e. The minimum absolute atomic E-state index is 0.165. The van der Waals surface area contributed by atoms with Crippen molar-refractivity contribution < 1.29 is 33.7 Å². The molecule has 0 spiro atoms. The van der Waals surface area contributed by atoms with Gasteiger partial charge in [0.25, 0.3) is 5.69 Å². The lowest BCUT2D eigenvalue weighted by molar-refractivity contribution is -0.384. The Morgan fingerprint density at radius 2 is 2.00 bits per heavy atom. The number of non-ortho nitro benzene ring substituents is 1. The van der Waals surface area contributed by atoms with E-state index < -0.39 is 30.0 Å². The molecule has 4 atom stereocenters. The summed E-state index contributed by atoms with van der Waals surface area (Å²) in [6, 6.07) is 9.14. The molecule has 3 heterocycles. The first-order valence-corrected chi connectivity index (χ1v) is 13.8. The average Bonchev–Trinajstić information content (AvgIpc) is 3.48. The highest BCUT2D eigenvalue weighted by atomic mass is 16.6. The second-order valence-electron chi connectivity index (χ2n) is 10.8. The van der Waals surface area contributed by atoms with Gasteiger partial charge in [-0.05, 0) is 74.7 Å². The molecule has 2 amide bonds. The van der Waals surface area contributed by atoms with Crippen LogP contribution in [0.1, 0.15) is 57.5 Å². The number of furan rings is 1. The number of nitro groups is 1. The lowest BCUT2D eigenvalue weighted by Crippen LogP contribution is -2.46. The van der Waals surface area contributed by atoms with Gasteiger partial charge in [0.15, 0.2) is 0 Å². The molecule has 1 aromatic heterocycles. The van der Waals surface area contributed by atoms with Crippen molar-refractivity contribution in [3.05, 3.63) is 74.8 Å². The van der Waals surface area contributed by atoms with Crippen LogP contribution in [-0.2, 0) is 20.9 Å². The monoisotopic (exact) mass is 548 g/mol. The number of fused-ring (bicyclic) bond motifs is 3. The summed E-state index contributed by atoms with van der Waals surface area (Å²) < 4.78 is 11.7. The maximum atomic E-state index is 13.7. The number of anilines is 1. The van der Waals surface area contributed by atoms with Crippen LogP contribution in [0.15, 0.2) is 57.5 Å². The summed E-state index contributed by atoms with van der Waals surface area (Å²) in [7, 11) is -1.07. The zero-order valence-electron chi connectivity index (χ0n) is 22.6. The number of imide groups is 1. The number of carbonyl (C=O) groups excluding carboxylic acids is 2. The zero-order valence-corrected chi connectivity index (χ0v) is 22.6. The van der Waals surface area contributed by atoms with E-state index in [9.17, 15) is 29.8 Å². The number of rotatable bonds is 9. The predicted octanol–water partition coefficient (Wildman–Crippen LogP) is 4.67. The molecule has 1 aromatic carbocycles. The Bertz CT molecular complexity index is 1380. The largest absolute Gasteiger partial charge is 0.459 e. The van der Waals surface area contributed by atoms with Gasteiger partial charge in [-0.2, -0.15) is 0 Å². The van der Waals surface area contributed by atoms with Crippen molar-refractivity contribution in [3.8, 4) is 0 Å². The first-order valence-electron chi connectivity index (χ1n) is 13.8. The molecular weight excluding hydrogens is 515 g/mol. The van der Waals surface area contributed by atoms with Crippen molar-refractivity contribution in [1.29, 1.82) is 0 Å². The molecule has 0 radical (unpaired) electrons. The quantitative estimate of drug-likeness (QED) is 0.151. The van der Waals surface area contributed by atoms with Gasteiger partial charge in [-0.25, -0.2) is 4.90 Å². The van der Waals surface area contributed by atoms with E-state index in [0.29, 0.717) is 30.8 Å². The molecular formula is C29H33BN2O8. The van der Waals surface area contributed by atoms with Gasteiger partial charge < -0.3 is 19.2 Å². The van der Waals surface area contributed by atoms with Crippen molar-refractivity contribution in [3.63, 3.8) is 0 Å². The lowest BCUT2D eigenvalue weighted by atomic mass is 9.58. The highest BCUT2D eigenvalue weighted by molar-refractivity contribution is 6.43. The lowest BCUT2D eigenvalue weighted by Gasteiger charge is -2.42. The summed E-state index contributed by atoms with van der Waals surface area (Å²) in [6.45, 7) is 3.89. The van der Waals surface area contributed by atoms with E-state index in [1.165, 1.54) is 24.3 Å². The average molecular weight is 548 g/mol. The standard InChI is InChI=1S/C29H33BN2O8/c1-3-5-18(13-21-9-10-22(16-33)39-21)8-11-25-26-17(2)12-23-27(24(26)15-30(36)40-25)29(35)31(28(23)34)19-6-4-7-20(14-19)32(37)38/h4,6-7,9-10,13-14,23-25,27,33,36H,3,5,8,11-12,15-16H2,1-2H3/b18-13+/t23-,24+,25-,27-/m1/s1. The Morgan fingerprint density at radius 1 is 1.20 bits per heavy atom. The zero-order chi connectivity index (χ0) is 28.6. The summed E-state index contributed by atoms with van der Waals surface area (Å²) in [5.74, 6) is -1.18. The molecule has 2 aromatic rings. The molecule has 3 aliphatic rings. The van der Waals surface area contributed by atoms with Crippen LogP contribution >= 0.6 is 0 Å². The maximum absolute atomic E-state index is 13.7. The molecule has 1 aliphatic carbocycles. The molecule has 10 nitrogen and oxygen atoms in total. The second-order valence-corrected chi connectivity index (χ2v) is 10.8. The molecule has 11 heteroatoms. The van der Waals surface area contributed by atoms with E-state index in [2.05, 4.69) is 6.92 Å². The minimum atomic E-state index is -1.07. The Kier molecular flexibility index (Phi) is 8.07. The first-order chi connectivity index (χ1) is 19.2. The van der Waals surface area contributed by atoms with Crippen LogP contribution in [0, 0.1) is 27.9 Å². The Hall–Kier alpha value is -3.54.